The number of carbonyl (C=O) groups is 2. The molecular formula is C26H23Cl2N5O2S. The van der Waals surface area contributed by atoms with E-state index in [0.717, 1.165) is 16.5 Å². The predicted octanol–water partition coefficient (Wildman–Crippen LogP) is 6.15. The average molecular weight is 540 g/mol. The summed E-state index contributed by atoms with van der Waals surface area (Å²) in [5.41, 5.74) is 1.03. The van der Waals surface area contributed by atoms with Gasteiger partial charge in [-0.2, -0.15) is 0 Å². The summed E-state index contributed by atoms with van der Waals surface area (Å²) in [6.07, 6.45) is 1.71. The van der Waals surface area contributed by atoms with Crippen LogP contribution >= 0.6 is 35.0 Å². The van der Waals surface area contributed by atoms with E-state index in [9.17, 15) is 9.59 Å². The molecule has 2 N–H and O–H groups in total. The van der Waals surface area contributed by atoms with Crippen molar-refractivity contribution in [1.29, 1.82) is 0 Å². The molecule has 0 bridgehead atoms. The van der Waals surface area contributed by atoms with Gasteiger partial charge in [0.2, 0.25) is 5.91 Å². The zero-order valence-electron chi connectivity index (χ0n) is 19.4. The summed E-state index contributed by atoms with van der Waals surface area (Å²) in [5, 5.41) is 17.7. The molecule has 1 unspecified atom stereocenters. The van der Waals surface area contributed by atoms with Crippen molar-refractivity contribution < 1.29 is 9.59 Å². The van der Waals surface area contributed by atoms with E-state index in [-0.39, 0.29) is 22.6 Å². The molecule has 1 atom stereocenters. The molecule has 1 aromatic heterocycles. The Kier molecular flexibility index (Phi) is 8.30. The summed E-state index contributed by atoms with van der Waals surface area (Å²) in [5.74, 6) is 0.152. The van der Waals surface area contributed by atoms with Gasteiger partial charge in [0.05, 0.1) is 22.4 Å². The molecular weight excluding hydrogens is 517 g/mol. The monoisotopic (exact) mass is 539 g/mol. The van der Waals surface area contributed by atoms with Crippen molar-refractivity contribution in [3.8, 4) is 0 Å². The van der Waals surface area contributed by atoms with E-state index in [0.29, 0.717) is 28.1 Å². The highest BCUT2D eigenvalue weighted by Gasteiger charge is 2.21. The van der Waals surface area contributed by atoms with Gasteiger partial charge >= 0.3 is 0 Å². The Labute approximate surface area is 222 Å². The number of rotatable bonds is 9. The second-order valence-corrected chi connectivity index (χ2v) is 9.74. The number of anilines is 1. The van der Waals surface area contributed by atoms with E-state index in [1.165, 1.54) is 17.8 Å². The van der Waals surface area contributed by atoms with Crippen LogP contribution in [0.2, 0.25) is 10.0 Å². The molecule has 10 heteroatoms. The van der Waals surface area contributed by atoms with Crippen LogP contribution in [0.3, 0.4) is 0 Å². The van der Waals surface area contributed by atoms with Crippen molar-refractivity contribution in [1.82, 2.24) is 20.1 Å². The van der Waals surface area contributed by atoms with Crippen LogP contribution in [-0.2, 0) is 11.3 Å². The first-order valence-corrected chi connectivity index (χ1v) is 12.8. The predicted molar refractivity (Wildman–Crippen MR) is 146 cm³/mol. The summed E-state index contributed by atoms with van der Waals surface area (Å²) in [7, 11) is 0. The summed E-state index contributed by atoms with van der Waals surface area (Å²) >= 11 is 13.3. The van der Waals surface area contributed by atoms with E-state index < -0.39 is 6.04 Å². The van der Waals surface area contributed by atoms with Crippen LogP contribution in [0.1, 0.15) is 29.1 Å². The van der Waals surface area contributed by atoms with Gasteiger partial charge in [-0.3, -0.25) is 9.59 Å². The Morgan fingerprint density at radius 2 is 1.86 bits per heavy atom. The highest BCUT2D eigenvalue weighted by molar-refractivity contribution is 7.99. The second-order valence-electron chi connectivity index (χ2n) is 7.96. The number of carbonyl (C=O) groups excluding carboxylic acids is 2. The number of halogens is 2. The topological polar surface area (TPSA) is 88.9 Å². The molecule has 36 heavy (non-hydrogen) atoms. The van der Waals surface area contributed by atoms with Crippen LogP contribution in [0.5, 0.6) is 0 Å². The van der Waals surface area contributed by atoms with Crippen LogP contribution < -0.4 is 10.6 Å². The molecule has 0 spiro atoms. The summed E-state index contributed by atoms with van der Waals surface area (Å²) in [4.78, 5) is 25.3. The number of nitrogens with one attached hydrogen (secondary N) is 2. The van der Waals surface area contributed by atoms with Gasteiger partial charge in [0.15, 0.2) is 11.0 Å². The van der Waals surface area contributed by atoms with Crippen molar-refractivity contribution in [2.24, 2.45) is 0 Å². The first-order chi connectivity index (χ1) is 17.4. The van der Waals surface area contributed by atoms with Gasteiger partial charge < -0.3 is 15.2 Å². The maximum atomic E-state index is 12.7. The molecule has 184 valence electrons. The number of allylic oxidation sites excluding steroid dienone is 1. The van der Waals surface area contributed by atoms with Gasteiger partial charge in [-0.25, -0.2) is 0 Å². The third kappa shape index (κ3) is 6.07. The molecule has 0 aliphatic rings. The fraction of sp³-hybridized carbons (Fsp3) is 0.154. The van der Waals surface area contributed by atoms with Crippen LogP contribution in [0.4, 0.5) is 5.69 Å². The van der Waals surface area contributed by atoms with Gasteiger partial charge in [-0.1, -0.05) is 71.4 Å². The summed E-state index contributed by atoms with van der Waals surface area (Å²) in [6, 6.07) is 17.9. The molecule has 3 aromatic carbocycles. The first kappa shape index (κ1) is 25.8. The quantitative estimate of drug-likeness (QED) is 0.197. The Balaban J connectivity index is 1.42. The minimum atomic E-state index is -0.475. The Hall–Kier alpha value is -3.33. The number of aromatic nitrogens is 3. The largest absolute Gasteiger partial charge is 0.342 e. The number of fused-ring (bicyclic) bond motifs is 1. The van der Waals surface area contributed by atoms with Crippen molar-refractivity contribution >= 4 is 63.2 Å². The number of amides is 2. The van der Waals surface area contributed by atoms with E-state index in [2.05, 4.69) is 27.4 Å². The van der Waals surface area contributed by atoms with E-state index in [4.69, 9.17) is 23.2 Å². The molecule has 4 rings (SSSR count). The zero-order valence-corrected chi connectivity index (χ0v) is 21.7. The summed E-state index contributed by atoms with van der Waals surface area (Å²) in [6.45, 7) is 6.01. The third-order valence-corrected chi connectivity index (χ3v) is 6.85. The number of hydrogen-bond donors (Lipinski definition) is 2. The molecule has 1 heterocycles. The standard InChI is InChI=1S/C26H23Cl2N5O2S/c1-3-12-33-24(16(2)29-25(35)21-11-9-19(27)14-22(21)28)31-32-26(33)36-15-23(34)30-20-10-8-17-6-4-5-7-18(17)13-20/h3-11,13-14,16H,1,12,15H2,2H3,(H,29,35)(H,30,34). The molecule has 0 aliphatic heterocycles. The van der Waals surface area contributed by atoms with Crippen molar-refractivity contribution in [3.05, 3.63) is 94.8 Å². The number of hydrogen-bond acceptors (Lipinski definition) is 5. The molecule has 4 aromatic rings. The lowest BCUT2D eigenvalue weighted by Gasteiger charge is -2.16. The molecule has 0 radical (unpaired) electrons. The minimum absolute atomic E-state index is 0.142. The van der Waals surface area contributed by atoms with Crippen LogP contribution in [-0.4, -0.2) is 32.3 Å². The van der Waals surface area contributed by atoms with Crippen LogP contribution in [0.15, 0.2) is 78.5 Å². The second kappa shape index (κ2) is 11.6. The molecule has 7 nitrogen and oxygen atoms in total. The molecule has 0 aliphatic carbocycles. The Morgan fingerprint density at radius 3 is 2.61 bits per heavy atom. The average Bonchev–Trinajstić information content (AvgIpc) is 3.25. The highest BCUT2D eigenvalue weighted by atomic mass is 35.5. The fourth-order valence-corrected chi connectivity index (χ4v) is 4.88. The van der Waals surface area contributed by atoms with Gasteiger partial charge in [0.1, 0.15) is 0 Å². The first-order valence-electron chi connectivity index (χ1n) is 11.1. The summed E-state index contributed by atoms with van der Waals surface area (Å²) < 4.78 is 1.81. The minimum Gasteiger partial charge on any atom is -0.342 e. The van der Waals surface area contributed by atoms with Crippen LogP contribution in [0.25, 0.3) is 10.8 Å². The van der Waals surface area contributed by atoms with Crippen molar-refractivity contribution in [2.45, 2.75) is 24.7 Å². The van der Waals surface area contributed by atoms with Crippen LogP contribution in [0, 0.1) is 0 Å². The Morgan fingerprint density at radius 1 is 1.08 bits per heavy atom. The van der Waals surface area contributed by atoms with Gasteiger partial charge in [-0.15, -0.1) is 16.8 Å². The fourth-order valence-electron chi connectivity index (χ4n) is 3.63. The maximum absolute atomic E-state index is 12.7. The van der Waals surface area contributed by atoms with Gasteiger partial charge in [0.25, 0.3) is 5.91 Å². The third-order valence-electron chi connectivity index (χ3n) is 5.33. The number of nitrogens with zero attached hydrogens (tertiary/aromatic N) is 3. The smallest absolute Gasteiger partial charge is 0.253 e. The van der Waals surface area contributed by atoms with E-state index in [1.807, 2.05) is 47.0 Å². The maximum Gasteiger partial charge on any atom is 0.253 e. The molecule has 0 fully saturated rings. The molecule has 0 saturated heterocycles. The molecule has 0 saturated carbocycles. The van der Waals surface area contributed by atoms with E-state index >= 15 is 0 Å². The SMILES string of the molecule is C=CCn1c(SCC(=O)Nc2ccc3ccccc3c2)nnc1C(C)NC(=O)c1ccc(Cl)cc1Cl. The lowest BCUT2D eigenvalue weighted by molar-refractivity contribution is -0.113. The molecule has 2 amide bonds. The highest BCUT2D eigenvalue weighted by Crippen LogP contribution is 2.24. The van der Waals surface area contributed by atoms with Crippen molar-refractivity contribution in [3.63, 3.8) is 0 Å². The lowest BCUT2D eigenvalue weighted by atomic mass is 10.1. The normalized spacial score (nSPS) is 11.8. The number of thioether (sulfide) groups is 1. The van der Waals surface area contributed by atoms with E-state index in [1.54, 1.807) is 25.1 Å². The Bertz CT molecular complexity index is 1440. The lowest BCUT2D eigenvalue weighted by Crippen LogP contribution is -2.29. The van der Waals surface area contributed by atoms with Gasteiger partial charge in [-0.05, 0) is 48.0 Å². The van der Waals surface area contributed by atoms with Crippen molar-refractivity contribution in [2.75, 3.05) is 11.1 Å². The zero-order chi connectivity index (χ0) is 25.7. The number of benzene rings is 3. The van der Waals surface area contributed by atoms with Gasteiger partial charge in [0, 0.05) is 17.3 Å².